The van der Waals surface area contributed by atoms with Crippen LogP contribution in [0.5, 0.6) is 0 Å². The largest absolute Gasteiger partial charge is 0.338 e. The number of anilines is 1. The molecule has 0 saturated carbocycles. The average molecular weight is 336 g/mol. The van der Waals surface area contributed by atoms with Crippen LogP contribution >= 0.6 is 0 Å². The van der Waals surface area contributed by atoms with Gasteiger partial charge >= 0.3 is 0 Å². The lowest BCUT2D eigenvalue weighted by atomic mass is 9.91. The molecule has 1 aliphatic rings. The normalized spacial score (nSPS) is 20.2. The Morgan fingerprint density at radius 3 is 2.24 bits per heavy atom. The summed E-state index contributed by atoms with van der Waals surface area (Å²) in [5.41, 5.74) is 1.85. The summed E-state index contributed by atoms with van der Waals surface area (Å²) in [5.74, 6) is 0.905. The van der Waals surface area contributed by atoms with Crippen molar-refractivity contribution >= 4 is 17.5 Å². The fourth-order valence-electron chi connectivity index (χ4n) is 3.53. The lowest BCUT2D eigenvalue weighted by Crippen LogP contribution is -2.42. The summed E-state index contributed by atoms with van der Waals surface area (Å²) < 4.78 is 0. The van der Waals surface area contributed by atoms with Crippen LogP contribution in [-0.2, 0) is 0 Å². The molecule has 2 amide bonds. The van der Waals surface area contributed by atoms with E-state index < -0.39 is 0 Å². The first-order chi connectivity index (χ1) is 12.0. The molecule has 1 saturated heterocycles. The predicted molar refractivity (Wildman–Crippen MR) is 99.7 cm³/mol. The van der Waals surface area contributed by atoms with Gasteiger partial charge in [-0.15, -0.1) is 0 Å². The second-order valence-electron chi connectivity index (χ2n) is 7.06. The van der Waals surface area contributed by atoms with Gasteiger partial charge in [-0.05, 0) is 48.6 Å². The van der Waals surface area contributed by atoms with E-state index >= 15 is 0 Å². The van der Waals surface area contributed by atoms with Crippen LogP contribution in [-0.4, -0.2) is 29.8 Å². The molecule has 2 aromatic carbocycles. The maximum atomic E-state index is 12.8. The van der Waals surface area contributed by atoms with E-state index in [1.165, 1.54) is 0 Å². The summed E-state index contributed by atoms with van der Waals surface area (Å²) >= 11 is 0. The van der Waals surface area contributed by atoms with E-state index in [-0.39, 0.29) is 11.8 Å². The summed E-state index contributed by atoms with van der Waals surface area (Å²) in [5, 5.41) is 2.86. The summed E-state index contributed by atoms with van der Waals surface area (Å²) in [6.07, 6.45) is 1.16. The number of piperidine rings is 1. The fourth-order valence-corrected chi connectivity index (χ4v) is 3.53. The lowest BCUT2D eigenvalue weighted by molar-refractivity contribution is 0.0623. The van der Waals surface area contributed by atoms with Gasteiger partial charge in [-0.3, -0.25) is 9.59 Å². The maximum Gasteiger partial charge on any atom is 0.255 e. The highest BCUT2D eigenvalue weighted by Crippen LogP contribution is 2.23. The van der Waals surface area contributed by atoms with E-state index in [0.29, 0.717) is 28.7 Å². The maximum absolute atomic E-state index is 12.8. The summed E-state index contributed by atoms with van der Waals surface area (Å²) in [4.78, 5) is 27.0. The minimum Gasteiger partial charge on any atom is -0.338 e. The molecule has 25 heavy (non-hydrogen) atoms. The summed E-state index contributed by atoms with van der Waals surface area (Å²) in [6, 6.07) is 16.2. The Hall–Kier alpha value is -2.62. The molecule has 0 aromatic heterocycles. The van der Waals surface area contributed by atoms with Gasteiger partial charge in [0, 0.05) is 29.9 Å². The minimum absolute atomic E-state index is 0.0363. The molecule has 3 rings (SSSR count). The number of amides is 2. The Balaban J connectivity index is 1.73. The van der Waals surface area contributed by atoms with E-state index in [1.807, 2.05) is 35.2 Å². The third kappa shape index (κ3) is 4.27. The van der Waals surface area contributed by atoms with E-state index in [2.05, 4.69) is 19.2 Å². The Bertz CT molecular complexity index is 748. The molecule has 2 aromatic rings. The van der Waals surface area contributed by atoms with Crippen molar-refractivity contribution in [3.63, 3.8) is 0 Å². The molecule has 0 aliphatic carbocycles. The zero-order valence-corrected chi connectivity index (χ0v) is 14.7. The molecule has 4 heteroatoms. The number of nitrogens with zero attached hydrogens (tertiary/aromatic N) is 1. The lowest BCUT2D eigenvalue weighted by Gasteiger charge is -2.35. The van der Waals surface area contributed by atoms with Gasteiger partial charge in [0.15, 0.2) is 0 Å². The highest BCUT2D eigenvalue weighted by Gasteiger charge is 2.26. The molecule has 0 radical (unpaired) electrons. The fraction of sp³-hybridized carbons (Fsp3) is 0.333. The SMILES string of the molecule is C[C@@H]1C[C@H](C)CN(C(=O)c2cccc(NC(=O)c3ccccc3)c2)C1. The molecule has 0 spiro atoms. The molecule has 1 fully saturated rings. The molecule has 0 unspecified atom stereocenters. The van der Waals surface area contributed by atoms with Crippen molar-refractivity contribution in [1.82, 2.24) is 4.90 Å². The van der Waals surface area contributed by atoms with Crippen LogP contribution in [0.25, 0.3) is 0 Å². The first kappa shape index (κ1) is 17.2. The highest BCUT2D eigenvalue weighted by molar-refractivity contribution is 6.05. The van der Waals surface area contributed by atoms with Crippen molar-refractivity contribution in [2.45, 2.75) is 20.3 Å². The second kappa shape index (κ2) is 7.51. The number of hydrogen-bond acceptors (Lipinski definition) is 2. The molecular weight excluding hydrogens is 312 g/mol. The van der Waals surface area contributed by atoms with Crippen LogP contribution in [0.4, 0.5) is 5.69 Å². The number of nitrogens with one attached hydrogen (secondary N) is 1. The average Bonchev–Trinajstić information content (AvgIpc) is 2.61. The van der Waals surface area contributed by atoms with Crippen molar-refractivity contribution in [2.24, 2.45) is 11.8 Å². The molecule has 2 atom stereocenters. The van der Waals surface area contributed by atoms with Gasteiger partial charge in [0.2, 0.25) is 0 Å². The first-order valence-electron chi connectivity index (χ1n) is 8.78. The minimum atomic E-state index is -0.176. The van der Waals surface area contributed by atoms with Crippen molar-refractivity contribution in [1.29, 1.82) is 0 Å². The van der Waals surface area contributed by atoms with Crippen LogP contribution in [0.2, 0.25) is 0 Å². The molecule has 1 heterocycles. The molecule has 1 aliphatic heterocycles. The van der Waals surface area contributed by atoms with Crippen molar-refractivity contribution in [3.8, 4) is 0 Å². The van der Waals surface area contributed by atoms with Gasteiger partial charge in [-0.1, -0.05) is 38.1 Å². The highest BCUT2D eigenvalue weighted by atomic mass is 16.2. The quantitative estimate of drug-likeness (QED) is 0.919. The number of hydrogen-bond donors (Lipinski definition) is 1. The van der Waals surface area contributed by atoms with Crippen LogP contribution in [0, 0.1) is 11.8 Å². The van der Waals surface area contributed by atoms with E-state index in [1.54, 1.807) is 24.3 Å². The van der Waals surface area contributed by atoms with Gasteiger partial charge in [-0.25, -0.2) is 0 Å². The Labute approximate surface area is 148 Å². The van der Waals surface area contributed by atoms with Crippen molar-refractivity contribution in [2.75, 3.05) is 18.4 Å². The van der Waals surface area contributed by atoms with Crippen molar-refractivity contribution < 1.29 is 9.59 Å². The number of carbonyl (C=O) groups is 2. The standard InChI is InChI=1S/C21H24N2O2/c1-15-11-16(2)14-23(13-15)21(25)18-9-6-10-19(12-18)22-20(24)17-7-4-3-5-8-17/h3-10,12,15-16H,11,13-14H2,1-2H3,(H,22,24)/t15-,16+. The van der Waals surface area contributed by atoms with Gasteiger partial charge < -0.3 is 10.2 Å². The third-order valence-electron chi connectivity index (χ3n) is 4.56. The van der Waals surface area contributed by atoms with Crippen LogP contribution in [0.1, 0.15) is 41.0 Å². The van der Waals surface area contributed by atoms with E-state index in [9.17, 15) is 9.59 Å². The number of rotatable bonds is 3. The topological polar surface area (TPSA) is 49.4 Å². The van der Waals surface area contributed by atoms with Crippen molar-refractivity contribution in [3.05, 3.63) is 65.7 Å². The van der Waals surface area contributed by atoms with Gasteiger partial charge in [0.25, 0.3) is 11.8 Å². The first-order valence-corrected chi connectivity index (χ1v) is 8.78. The monoisotopic (exact) mass is 336 g/mol. The zero-order valence-electron chi connectivity index (χ0n) is 14.7. The Kier molecular flexibility index (Phi) is 5.17. The molecule has 1 N–H and O–H groups in total. The second-order valence-corrected chi connectivity index (χ2v) is 7.06. The molecular formula is C21H24N2O2. The molecule has 0 bridgehead atoms. The number of benzene rings is 2. The smallest absolute Gasteiger partial charge is 0.255 e. The van der Waals surface area contributed by atoms with Gasteiger partial charge in [0.05, 0.1) is 0 Å². The Morgan fingerprint density at radius 1 is 0.920 bits per heavy atom. The van der Waals surface area contributed by atoms with E-state index in [4.69, 9.17) is 0 Å². The third-order valence-corrected chi connectivity index (χ3v) is 4.56. The molecule has 130 valence electrons. The molecule has 4 nitrogen and oxygen atoms in total. The predicted octanol–water partition coefficient (Wildman–Crippen LogP) is 4.06. The van der Waals surface area contributed by atoms with Crippen LogP contribution < -0.4 is 5.32 Å². The number of carbonyl (C=O) groups excluding carboxylic acids is 2. The van der Waals surface area contributed by atoms with Crippen LogP contribution in [0.3, 0.4) is 0 Å². The summed E-state index contributed by atoms with van der Waals surface area (Å²) in [7, 11) is 0. The van der Waals surface area contributed by atoms with E-state index in [0.717, 1.165) is 19.5 Å². The Morgan fingerprint density at radius 2 is 1.56 bits per heavy atom. The zero-order chi connectivity index (χ0) is 17.8. The van der Waals surface area contributed by atoms with Gasteiger partial charge in [-0.2, -0.15) is 0 Å². The number of likely N-dealkylation sites (tertiary alicyclic amines) is 1. The summed E-state index contributed by atoms with van der Waals surface area (Å²) in [6.45, 7) is 5.96. The van der Waals surface area contributed by atoms with Gasteiger partial charge in [0.1, 0.15) is 0 Å². The van der Waals surface area contributed by atoms with Crippen LogP contribution in [0.15, 0.2) is 54.6 Å².